The van der Waals surface area contributed by atoms with Gasteiger partial charge in [0.15, 0.2) is 11.0 Å². The Hall–Kier alpha value is -1.97. The van der Waals surface area contributed by atoms with E-state index in [9.17, 15) is 4.79 Å². The van der Waals surface area contributed by atoms with Gasteiger partial charge in [-0.1, -0.05) is 28.4 Å². The third kappa shape index (κ3) is 3.74. The number of aromatic nitrogens is 2. The van der Waals surface area contributed by atoms with Gasteiger partial charge in [0, 0.05) is 30.2 Å². The van der Waals surface area contributed by atoms with Gasteiger partial charge in [0.25, 0.3) is 5.91 Å². The van der Waals surface area contributed by atoms with Gasteiger partial charge in [-0.2, -0.15) is 0 Å². The van der Waals surface area contributed by atoms with Crippen LogP contribution in [-0.2, 0) is 0 Å². The minimum atomic E-state index is -0.257. The maximum atomic E-state index is 12.4. The largest absolute Gasteiger partial charge is 0.409 e. The molecule has 1 aliphatic heterocycles. The van der Waals surface area contributed by atoms with Crippen LogP contribution in [-0.4, -0.2) is 46.0 Å². The Morgan fingerprint density at radius 2 is 2.15 bits per heavy atom. The Morgan fingerprint density at radius 1 is 1.46 bits per heavy atom. The third-order valence-corrected chi connectivity index (χ3v) is 6.09. The summed E-state index contributed by atoms with van der Waals surface area (Å²) in [5.74, 6) is -0.265. The number of halogens is 2. The molecule has 2 aromatic rings. The Morgan fingerprint density at radius 3 is 2.73 bits per heavy atom. The predicted octanol–water partition coefficient (Wildman–Crippen LogP) is 2.58. The number of amides is 1. The molecule has 1 fully saturated rings. The zero-order valence-electron chi connectivity index (χ0n) is 13.9. The molecular weight excluding hydrogens is 399 g/mol. The van der Waals surface area contributed by atoms with Crippen LogP contribution in [0.3, 0.4) is 0 Å². The summed E-state index contributed by atoms with van der Waals surface area (Å²) < 4.78 is 0. The Balaban J connectivity index is 1.57. The smallest absolute Gasteiger partial charge is 0.269 e. The molecule has 5 N–H and O–H groups in total. The first-order chi connectivity index (χ1) is 12.4. The van der Waals surface area contributed by atoms with Crippen LogP contribution < -0.4 is 16.0 Å². The Labute approximate surface area is 164 Å². The lowest BCUT2D eigenvalue weighted by Crippen LogP contribution is -2.44. The summed E-state index contributed by atoms with van der Waals surface area (Å²) >= 11 is 13.5. The molecule has 11 heteroatoms. The monoisotopic (exact) mass is 416 g/mol. The average molecular weight is 417 g/mol. The van der Waals surface area contributed by atoms with Gasteiger partial charge in [-0.05, 0) is 19.8 Å². The molecular formula is C15H18Cl2N6O2S. The quantitative estimate of drug-likeness (QED) is 0.264. The third-order valence-electron chi connectivity index (χ3n) is 4.24. The maximum absolute atomic E-state index is 12.4. The van der Waals surface area contributed by atoms with Gasteiger partial charge < -0.3 is 26.1 Å². The summed E-state index contributed by atoms with van der Waals surface area (Å²) in [7, 11) is 0. The average Bonchev–Trinajstić information content (AvgIpc) is 3.23. The van der Waals surface area contributed by atoms with Crippen LogP contribution >= 0.6 is 34.5 Å². The molecule has 0 aliphatic carbocycles. The maximum Gasteiger partial charge on any atom is 0.269 e. The number of nitrogens with one attached hydrogen (secondary N) is 2. The number of carbonyl (C=O) groups is 1. The van der Waals surface area contributed by atoms with Gasteiger partial charge in [0.2, 0.25) is 0 Å². The second-order valence-corrected chi connectivity index (χ2v) is 7.58. The fourth-order valence-corrected chi connectivity index (χ4v) is 4.07. The van der Waals surface area contributed by atoms with Gasteiger partial charge >= 0.3 is 0 Å². The summed E-state index contributed by atoms with van der Waals surface area (Å²) in [6.45, 7) is 3.25. The van der Waals surface area contributed by atoms with Gasteiger partial charge in [-0.15, -0.1) is 11.3 Å². The first-order valence-corrected chi connectivity index (χ1v) is 9.57. The molecule has 1 amide bonds. The zero-order chi connectivity index (χ0) is 18.8. The number of aromatic amines is 1. The summed E-state index contributed by atoms with van der Waals surface area (Å²) in [5.41, 5.74) is 6.96. The fourth-order valence-electron chi connectivity index (χ4n) is 2.78. The molecule has 140 valence electrons. The number of anilines is 1. The highest BCUT2D eigenvalue weighted by Crippen LogP contribution is 2.29. The number of carbonyl (C=O) groups excluding carboxylic acids is 1. The molecule has 1 aliphatic rings. The lowest BCUT2D eigenvalue weighted by molar-refractivity contribution is 0.0926. The highest BCUT2D eigenvalue weighted by Gasteiger charge is 2.25. The van der Waals surface area contributed by atoms with E-state index in [2.05, 4.69) is 25.3 Å². The topological polar surface area (TPSA) is 120 Å². The number of amidine groups is 1. The van der Waals surface area contributed by atoms with Gasteiger partial charge in [0.1, 0.15) is 11.4 Å². The number of H-pyrrole nitrogens is 1. The van der Waals surface area contributed by atoms with Crippen molar-refractivity contribution in [3.8, 4) is 0 Å². The first-order valence-electron chi connectivity index (χ1n) is 7.93. The van der Waals surface area contributed by atoms with Crippen molar-refractivity contribution in [2.45, 2.75) is 25.8 Å². The van der Waals surface area contributed by atoms with E-state index in [4.69, 9.17) is 34.1 Å². The Kier molecular flexibility index (Phi) is 5.59. The molecule has 3 rings (SSSR count). The molecule has 0 aromatic carbocycles. The van der Waals surface area contributed by atoms with Gasteiger partial charge in [0.05, 0.1) is 10.0 Å². The van der Waals surface area contributed by atoms with Crippen LogP contribution in [0.4, 0.5) is 5.13 Å². The van der Waals surface area contributed by atoms with Crippen molar-refractivity contribution < 1.29 is 10.0 Å². The summed E-state index contributed by atoms with van der Waals surface area (Å²) in [6.07, 6.45) is 1.55. The number of piperidine rings is 1. The molecule has 0 radical (unpaired) electrons. The highest BCUT2D eigenvalue weighted by atomic mass is 35.5. The van der Waals surface area contributed by atoms with Crippen molar-refractivity contribution in [2.75, 3.05) is 18.0 Å². The van der Waals surface area contributed by atoms with Crippen molar-refractivity contribution in [2.24, 2.45) is 10.9 Å². The number of oxime groups is 1. The van der Waals surface area contributed by atoms with E-state index in [-0.39, 0.29) is 22.8 Å². The van der Waals surface area contributed by atoms with Crippen molar-refractivity contribution >= 4 is 51.4 Å². The number of nitrogens with two attached hydrogens (primary N) is 1. The SMILES string of the molecule is Cc1[nH]c(C(=O)NC2CCN(c3nc(/C(N)=N/O)cs3)CC2)c(Cl)c1Cl. The molecule has 0 spiro atoms. The molecule has 3 heterocycles. The summed E-state index contributed by atoms with van der Waals surface area (Å²) in [6, 6.07) is 0.0423. The van der Waals surface area contributed by atoms with E-state index < -0.39 is 0 Å². The molecule has 0 unspecified atom stereocenters. The number of hydrogen-bond donors (Lipinski definition) is 4. The highest BCUT2D eigenvalue weighted by molar-refractivity contribution is 7.13. The zero-order valence-corrected chi connectivity index (χ0v) is 16.3. The van der Waals surface area contributed by atoms with Crippen LogP contribution in [0.25, 0.3) is 0 Å². The van der Waals surface area contributed by atoms with E-state index in [0.717, 1.165) is 31.1 Å². The van der Waals surface area contributed by atoms with Crippen LogP contribution in [0.1, 0.15) is 34.7 Å². The van der Waals surface area contributed by atoms with Crippen molar-refractivity contribution in [3.63, 3.8) is 0 Å². The molecule has 8 nitrogen and oxygen atoms in total. The predicted molar refractivity (Wildman–Crippen MR) is 103 cm³/mol. The van der Waals surface area contributed by atoms with Crippen LogP contribution in [0, 0.1) is 6.92 Å². The number of nitrogens with zero attached hydrogens (tertiary/aromatic N) is 3. The van der Waals surface area contributed by atoms with Gasteiger partial charge in [-0.3, -0.25) is 4.79 Å². The van der Waals surface area contributed by atoms with Crippen LogP contribution in [0.15, 0.2) is 10.5 Å². The molecule has 0 saturated carbocycles. The summed E-state index contributed by atoms with van der Waals surface area (Å²) in [4.78, 5) is 21.8. The minimum Gasteiger partial charge on any atom is -0.409 e. The number of rotatable bonds is 4. The van der Waals surface area contributed by atoms with Crippen molar-refractivity contribution in [3.05, 3.63) is 32.5 Å². The molecule has 0 atom stereocenters. The van der Waals surface area contributed by atoms with Crippen LogP contribution in [0.5, 0.6) is 0 Å². The van der Waals surface area contributed by atoms with E-state index in [0.29, 0.717) is 22.1 Å². The molecule has 0 bridgehead atoms. The first kappa shape index (κ1) is 18.8. The van der Waals surface area contributed by atoms with E-state index >= 15 is 0 Å². The number of hydrogen-bond acceptors (Lipinski definition) is 6. The van der Waals surface area contributed by atoms with E-state index in [1.54, 1.807) is 12.3 Å². The fraction of sp³-hybridized carbons (Fsp3) is 0.400. The Bertz CT molecular complexity index is 841. The molecule has 2 aromatic heterocycles. The van der Waals surface area contributed by atoms with Gasteiger partial charge in [-0.25, -0.2) is 4.98 Å². The number of aryl methyl sites for hydroxylation is 1. The van der Waals surface area contributed by atoms with Crippen LogP contribution in [0.2, 0.25) is 10.0 Å². The lowest BCUT2D eigenvalue weighted by Gasteiger charge is -2.32. The summed E-state index contributed by atoms with van der Waals surface area (Å²) in [5, 5.41) is 17.8. The van der Waals surface area contributed by atoms with Crippen molar-refractivity contribution in [1.82, 2.24) is 15.3 Å². The lowest BCUT2D eigenvalue weighted by atomic mass is 10.1. The van der Waals surface area contributed by atoms with E-state index in [1.807, 2.05) is 0 Å². The second kappa shape index (κ2) is 7.73. The molecule has 1 saturated heterocycles. The number of thiazole rings is 1. The standard InChI is InChI=1S/C15H18Cl2N6O2S/c1-7-10(16)11(17)12(19-7)14(24)20-8-2-4-23(5-3-8)15-21-9(6-26-15)13(18)22-25/h6,8,19,25H,2-5H2,1H3,(H2,18,22)(H,20,24). The van der Waals surface area contributed by atoms with Crippen molar-refractivity contribution in [1.29, 1.82) is 0 Å². The molecule has 26 heavy (non-hydrogen) atoms. The normalized spacial score (nSPS) is 16.1. The minimum absolute atomic E-state index is 0.00794. The second-order valence-electron chi connectivity index (χ2n) is 5.99. The van der Waals surface area contributed by atoms with E-state index in [1.165, 1.54) is 11.3 Å².